The van der Waals surface area contributed by atoms with Crippen molar-refractivity contribution in [3.63, 3.8) is 0 Å². The van der Waals surface area contributed by atoms with Crippen molar-refractivity contribution in [3.05, 3.63) is 65.9 Å². The normalized spacial score (nSPS) is 17.4. The number of hydrogen-bond acceptors (Lipinski definition) is 4. The summed E-state index contributed by atoms with van der Waals surface area (Å²) in [6.07, 6.45) is 2.71. The number of fused-ring (bicyclic) bond motifs is 1. The summed E-state index contributed by atoms with van der Waals surface area (Å²) in [7, 11) is -3.87. The van der Waals surface area contributed by atoms with Gasteiger partial charge in [-0.2, -0.15) is 4.31 Å². The van der Waals surface area contributed by atoms with Crippen LogP contribution in [-0.4, -0.2) is 36.2 Å². The molecular weight excluding hydrogens is 410 g/mol. The molecule has 1 aliphatic rings. The number of aromatic nitrogens is 1. The zero-order valence-electron chi connectivity index (χ0n) is 18.0. The third-order valence-electron chi connectivity index (χ3n) is 5.87. The quantitative estimate of drug-likeness (QED) is 0.639. The average molecular weight is 438 g/mol. The number of sulfonamides is 1. The first kappa shape index (κ1) is 21.5. The summed E-state index contributed by atoms with van der Waals surface area (Å²) in [5.74, 6) is 0.0387. The number of carbonyl (C=O) groups is 1. The van der Waals surface area contributed by atoms with E-state index >= 15 is 0 Å². The summed E-state index contributed by atoms with van der Waals surface area (Å²) < 4.78 is 28.4. The van der Waals surface area contributed by atoms with E-state index in [1.807, 2.05) is 31.2 Å². The molecule has 1 saturated heterocycles. The molecule has 1 N–H and O–H groups in total. The first-order chi connectivity index (χ1) is 14.8. The van der Waals surface area contributed by atoms with Crippen LogP contribution in [0.2, 0.25) is 0 Å². The highest BCUT2D eigenvalue weighted by Crippen LogP contribution is 2.31. The topological polar surface area (TPSA) is 79.4 Å². The van der Waals surface area contributed by atoms with Crippen LogP contribution in [0.1, 0.15) is 43.7 Å². The van der Waals surface area contributed by atoms with E-state index in [1.54, 1.807) is 24.4 Å². The zero-order chi connectivity index (χ0) is 22.2. The van der Waals surface area contributed by atoms with Crippen molar-refractivity contribution >= 4 is 32.5 Å². The summed E-state index contributed by atoms with van der Waals surface area (Å²) >= 11 is 0. The van der Waals surface area contributed by atoms with Crippen molar-refractivity contribution in [1.29, 1.82) is 0 Å². The Morgan fingerprint density at radius 2 is 1.94 bits per heavy atom. The first-order valence-corrected chi connectivity index (χ1v) is 12.0. The molecule has 0 saturated carbocycles. The van der Waals surface area contributed by atoms with E-state index in [0.29, 0.717) is 30.8 Å². The van der Waals surface area contributed by atoms with Crippen molar-refractivity contribution in [2.75, 3.05) is 11.9 Å². The van der Waals surface area contributed by atoms with Gasteiger partial charge in [0.2, 0.25) is 15.9 Å². The molecule has 1 aliphatic heterocycles. The molecule has 1 fully saturated rings. The van der Waals surface area contributed by atoms with Crippen LogP contribution in [0.25, 0.3) is 10.9 Å². The number of nitrogens with one attached hydrogen (secondary N) is 1. The number of aryl methyl sites for hydroxylation is 1. The maximum absolute atomic E-state index is 13.5. The third-order valence-corrected chi connectivity index (χ3v) is 7.81. The van der Waals surface area contributed by atoms with Gasteiger partial charge in [-0.15, -0.1) is 0 Å². The van der Waals surface area contributed by atoms with Gasteiger partial charge in [-0.3, -0.25) is 9.78 Å². The summed E-state index contributed by atoms with van der Waals surface area (Å²) in [5, 5.41) is 3.73. The van der Waals surface area contributed by atoms with Gasteiger partial charge >= 0.3 is 0 Å². The number of nitrogens with zero attached hydrogens (tertiary/aromatic N) is 2. The van der Waals surface area contributed by atoms with E-state index in [-0.39, 0.29) is 10.8 Å². The Bertz CT molecular complexity index is 1230. The van der Waals surface area contributed by atoms with Gasteiger partial charge in [0.25, 0.3) is 0 Å². The molecule has 0 spiro atoms. The number of anilines is 1. The minimum atomic E-state index is -3.87. The predicted molar refractivity (Wildman–Crippen MR) is 123 cm³/mol. The number of pyridine rings is 1. The fourth-order valence-electron chi connectivity index (χ4n) is 4.05. The van der Waals surface area contributed by atoms with Gasteiger partial charge in [0.05, 0.1) is 5.52 Å². The van der Waals surface area contributed by atoms with Crippen molar-refractivity contribution in [2.45, 2.75) is 50.5 Å². The first-order valence-electron chi connectivity index (χ1n) is 10.6. The molecule has 0 bridgehead atoms. The zero-order valence-corrected chi connectivity index (χ0v) is 18.8. The van der Waals surface area contributed by atoms with Crippen molar-refractivity contribution in [2.24, 2.45) is 0 Å². The summed E-state index contributed by atoms with van der Waals surface area (Å²) in [6.45, 7) is 6.44. The number of para-hydroxylation sites is 1. The average Bonchev–Trinajstić information content (AvgIpc) is 3.26. The maximum atomic E-state index is 13.5. The molecule has 4 rings (SSSR count). The minimum absolute atomic E-state index is 0.142. The Morgan fingerprint density at radius 3 is 2.71 bits per heavy atom. The lowest BCUT2D eigenvalue weighted by Gasteiger charge is -2.24. The van der Waals surface area contributed by atoms with Crippen LogP contribution >= 0.6 is 0 Å². The number of rotatable bonds is 5. The largest absolute Gasteiger partial charge is 0.324 e. The molecule has 0 radical (unpaired) electrons. The van der Waals surface area contributed by atoms with Crippen LogP contribution in [0.4, 0.5) is 5.69 Å². The van der Waals surface area contributed by atoms with Gasteiger partial charge in [-0.1, -0.05) is 44.2 Å². The Hall–Kier alpha value is -2.77. The smallest absolute Gasteiger partial charge is 0.245 e. The van der Waals surface area contributed by atoms with Crippen LogP contribution in [0.3, 0.4) is 0 Å². The van der Waals surface area contributed by atoms with Crippen LogP contribution in [0, 0.1) is 6.92 Å². The summed E-state index contributed by atoms with van der Waals surface area (Å²) in [4.78, 5) is 17.6. The van der Waals surface area contributed by atoms with Crippen LogP contribution < -0.4 is 5.32 Å². The van der Waals surface area contributed by atoms with Crippen LogP contribution in [-0.2, 0) is 14.8 Å². The number of benzene rings is 2. The molecular formula is C24H27N3O3S. The van der Waals surface area contributed by atoms with Crippen molar-refractivity contribution in [3.8, 4) is 0 Å². The summed E-state index contributed by atoms with van der Waals surface area (Å²) in [5.41, 5.74) is 3.23. The predicted octanol–water partition coefficient (Wildman–Crippen LogP) is 4.46. The number of carbonyl (C=O) groups excluding carboxylic acids is 1. The molecule has 1 aromatic heterocycles. The van der Waals surface area contributed by atoms with Crippen LogP contribution in [0.5, 0.6) is 0 Å². The molecule has 3 aromatic rings. The Labute approximate surface area is 183 Å². The minimum Gasteiger partial charge on any atom is -0.324 e. The molecule has 31 heavy (non-hydrogen) atoms. The highest BCUT2D eigenvalue weighted by molar-refractivity contribution is 7.89. The Balaban J connectivity index is 1.65. The van der Waals surface area contributed by atoms with Crippen molar-refractivity contribution < 1.29 is 13.2 Å². The van der Waals surface area contributed by atoms with E-state index in [1.165, 1.54) is 4.31 Å². The highest BCUT2D eigenvalue weighted by Gasteiger charge is 2.40. The van der Waals surface area contributed by atoms with Gasteiger partial charge in [-0.25, -0.2) is 8.42 Å². The second kappa shape index (κ2) is 8.40. The van der Waals surface area contributed by atoms with Crippen molar-refractivity contribution in [1.82, 2.24) is 9.29 Å². The van der Waals surface area contributed by atoms with E-state index < -0.39 is 16.1 Å². The maximum Gasteiger partial charge on any atom is 0.245 e. The number of hydrogen-bond donors (Lipinski definition) is 1. The van der Waals surface area contributed by atoms with Gasteiger partial charge in [0.1, 0.15) is 10.9 Å². The molecule has 0 unspecified atom stereocenters. The van der Waals surface area contributed by atoms with Gasteiger partial charge in [0, 0.05) is 23.8 Å². The SMILES string of the molecule is Cc1ccc(C(C)C)cc1NC(=O)[C@@H]1CCCN1S(=O)(=O)c1cccc2cccnc12. The molecule has 1 atom stereocenters. The van der Waals surface area contributed by atoms with E-state index in [2.05, 4.69) is 30.2 Å². The highest BCUT2D eigenvalue weighted by atomic mass is 32.2. The van der Waals surface area contributed by atoms with E-state index in [0.717, 1.165) is 22.2 Å². The van der Waals surface area contributed by atoms with Gasteiger partial charge in [-0.05, 0) is 55.0 Å². The lowest BCUT2D eigenvalue weighted by atomic mass is 10.0. The Morgan fingerprint density at radius 1 is 1.16 bits per heavy atom. The fourth-order valence-corrected chi connectivity index (χ4v) is 5.87. The Kier molecular flexibility index (Phi) is 5.81. The molecule has 6 nitrogen and oxygen atoms in total. The third kappa shape index (κ3) is 4.07. The van der Waals surface area contributed by atoms with Gasteiger partial charge < -0.3 is 5.32 Å². The molecule has 2 aromatic carbocycles. The molecule has 1 amide bonds. The molecule has 7 heteroatoms. The fraction of sp³-hybridized carbons (Fsp3) is 0.333. The van der Waals surface area contributed by atoms with E-state index in [9.17, 15) is 13.2 Å². The lowest BCUT2D eigenvalue weighted by molar-refractivity contribution is -0.119. The monoisotopic (exact) mass is 437 g/mol. The lowest BCUT2D eigenvalue weighted by Crippen LogP contribution is -2.43. The van der Waals surface area contributed by atoms with Gasteiger partial charge in [0.15, 0.2) is 0 Å². The standard InChI is InChI=1S/C24H27N3O3S/c1-16(2)19-12-11-17(3)20(15-19)26-24(28)21-9-6-14-27(21)31(29,30)22-10-4-7-18-8-5-13-25-23(18)22/h4-5,7-8,10-13,15-16,21H,6,9,14H2,1-3H3,(H,26,28)/t21-/m0/s1. The summed E-state index contributed by atoms with van der Waals surface area (Å²) in [6, 6.07) is 14.0. The number of amides is 1. The molecule has 162 valence electrons. The second-order valence-electron chi connectivity index (χ2n) is 8.32. The van der Waals surface area contributed by atoms with E-state index in [4.69, 9.17) is 0 Å². The molecule has 0 aliphatic carbocycles. The second-order valence-corrected chi connectivity index (χ2v) is 10.2. The molecule has 2 heterocycles. The van der Waals surface area contributed by atoms with Crippen LogP contribution in [0.15, 0.2) is 59.6 Å².